The van der Waals surface area contributed by atoms with E-state index < -0.39 is 0 Å². The van der Waals surface area contributed by atoms with Gasteiger partial charge in [0, 0.05) is 23.9 Å². The Morgan fingerprint density at radius 1 is 1.09 bits per heavy atom. The molecular formula is C17H32ClN3O2. The molecule has 4 atom stereocenters. The number of hydrogen-bond donors (Lipinski definition) is 3. The average molecular weight is 346 g/mol. The van der Waals surface area contributed by atoms with Crippen molar-refractivity contribution in [2.75, 3.05) is 6.54 Å². The number of carbonyl (C=O) groups excluding carboxylic acids is 2. The molecule has 5 nitrogen and oxygen atoms in total. The van der Waals surface area contributed by atoms with Crippen LogP contribution in [0.1, 0.15) is 58.8 Å². The highest BCUT2D eigenvalue weighted by molar-refractivity contribution is 5.85. The van der Waals surface area contributed by atoms with Gasteiger partial charge in [0.05, 0.1) is 0 Å². The van der Waals surface area contributed by atoms with E-state index in [-0.39, 0.29) is 48.1 Å². The van der Waals surface area contributed by atoms with Gasteiger partial charge in [0.1, 0.15) is 0 Å². The van der Waals surface area contributed by atoms with Crippen LogP contribution in [0.25, 0.3) is 0 Å². The van der Waals surface area contributed by atoms with E-state index in [9.17, 15) is 9.59 Å². The van der Waals surface area contributed by atoms with Crippen molar-refractivity contribution in [2.24, 2.45) is 23.5 Å². The molecule has 4 N–H and O–H groups in total. The summed E-state index contributed by atoms with van der Waals surface area (Å²) < 4.78 is 0. The molecule has 2 saturated carbocycles. The summed E-state index contributed by atoms with van der Waals surface area (Å²) in [5.41, 5.74) is 5.77. The van der Waals surface area contributed by atoms with Crippen LogP contribution < -0.4 is 16.4 Å². The quantitative estimate of drug-likeness (QED) is 0.712. The SMILES string of the molecule is CC(C)NC(=O)C1CCCC(NC(=O)[C@@H]2CCC[C@@H]2CN)C1.Cl. The Bertz CT molecular complexity index is 403. The van der Waals surface area contributed by atoms with E-state index in [1.54, 1.807) is 0 Å². The number of nitrogens with two attached hydrogens (primary N) is 1. The van der Waals surface area contributed by atoms with Crippen molar-refractivity contribution < 1.29 is 9.59 Å². The van der Waals surface area contributed by atoms with Gasteiger partial charge < -0.3 is 16.4 Å². The third-order valence-corrected chi connectivity index (χ3v) is 5.12. The molecule has 0 aromatic carbocycles. The van der Waals surface area contributed by atoms with Crippen LogP contribution in [0.4, 0.5) is 0 Å². The zero-order valence-corrected chi connectivity index (χ0v) is 15.2. The zero-order chi connectivity index (χ0) is 16.1. The molecule has 0 saturated heterocycles. The Balaban J connectivity index is 0.00000264. The van der Waals surface area contributed by atoms with E-state index >= 15 is 0 Å². The highest BCUT2D eigenvalue weighted by Crippen LogP contribution is 2.32. The second-order valence-corrected chi connectivity index (χ2v) is 7.27. The lowest BCUT2D eigenvalue weighted by Gasteiger charge is -2.31. The Kier molecular flexibility index (Phi) is 8.34. The molecule has 0 radical (unpaired) electrons. The van der Waals surface area contributed by atoms with Crippen molar-refractivity contribution in [1.82, 2.24) is 10.6 Å². The molecule has 23 heavy (non-hydrogen) atoms. The van der Waals surface area contributed by atoms with Crippen molar-refractivity contribution >= 4 is 24.2 Å². The van der Waals surface area contributed by atoms with Crippen LogP contribution in [0.2, 0.25) is 0 Å². The maximum absolute atomic E-state index is 12.5. The normalized spacial score (nSPS) is 30.6. The Morgan fingerprint density at radius 3 is 2.43 bits per heavy atom. The molecule has 2 aliphatic rings. The summed E-state index contributed by atoms with van der Waals surface area (Å²) in [6, 6.07) is 0.314. The molecule has 0 bridgehead atoms. The van der Waals surface area contributed by atoms with Crippen molar-refractivity contribution in [3.63, 3.8) is 0 Å². The molecule has 2 aliphatic carbocycles. The topological polar surface area (TPSA) is 84.2 Å². The average Bonchev–Trinajstić information content (AvgIpc) is 2.95. The van der Waals surface area contributed by atoms with Crippen molar-refractivity contribution in [1.29, 1.82) is 0 Å². The highest BCUT2D eigenvalue weighted by Gasteiger charge is 2.34. The fraction of sp³-hybridized carbons (Fsp3) is 0.882. The number of carbonyl (C=O) groups is 2. The summed E-state index contributed by atoms with van der Waals surface area (Å²) in [6.45, 7) is 4.56. The van der Waals surface area contributed by atoms with Crippen LogP contribution in [0, 0.1) is 17.8 Å². The molecule has 2 unspecified atom stereocenters. The maximum atomic E-state index is 12.5. The van der Waals surface area contributed by atoms with Crippen molar-refractivity contribution in [2.45, 2.75) is 70.9 Å². The van der Waals surface area contributed by atoms with E-state index in [1.807, 2.05) is 13.8 Å². The van der Waals surface area contributed by atoms with E-state index in [0.29, 0.717) is 12.5 Å². The van der Waals surface area contributed by atoms with Crippen LogP contribution in [0.15, 0.2) is 0 Å². The van der Waals surface area contributed by atoms with E-state index in [0.717, 1.165) is 44.9 Å². The number of halogens is 1. The molecule has 134 valence electrons. The monoisotopic (exact) mass is 345 g/mol. The minimum absolute atomic E-state index is 0. The molecule has 0 spiro atoms. The standard InChI is InChI=1S/C17H31N3O2.ClH/c1-11(2)19-16(21)12-5-3-7-14(9-12)20-17(22)15-8-4-6-13(15)10-18;/h11-15H,3-10,18H2,1-2H3,(H,19,21)(H,20,22);1H/t12?,13-,14?,15-;/m1./s1. The molecule has 2 fully saturated rings. The summed E-state index contributed by atoms with van der Waals surface area (Å²) in [6.07, 6.45) is 6.81. The summed E-state index contributed by atoms with van der Waals surface area (Å²) >= 11 is 0. The molecule has 0 aromatic rings. The molecule has 0 aromatic heterocycles. The lowest BCUT2D eigenvalue weighted by Crippen LogP contribution is -2.46. The second-order valence-electron chi connectivity index (χ2n) is 7.27. The fourth-order valence-corrected chi connectivity index (χ4v) is 3.93. The van der Waals surface area contributed by atoms with Gasteiger partial charge in [-0.3, -0.25) is 9.59 Å². The van der Waals surface area contributed by atoms with Gasteiger partial charge in [-0.1, -0.05) is 12.8 Å². The number of hydrogen-bond acceptors (Lipinski definition) is 3. The first-order valence-electron chi connectivity index (χ1n) is 8.82. The van der Waals surface area contributed by atoms with Gasteiger partial charge in [0.25, 0.3) is 0 Å². The zero-order valence-electron chi connectivity index (χ0n) is 14.3. The number of amides is 2. The summed E-state index contributed by atoms with van der Waals surface area (Å²) in [5, 5.41) is 6.18. The van der Waals surface area contributed by atoms with E-state index in [2.05, 4.69) is 10.6 Å². The third-order valence-electron chi connectivity index (χ3n) is 5.12. The van der Waals surface area contributed by atoms with Gasteiger partial charge in [-0.2, -0.15) is 0 Å². The van der Waals surface area contributed by atoms with Crippen molar-refractivity contribution in [3.05, 3.63) is 0 Å². The van der Waals surface area contributed by atoms with Crippen LogP contribution in [0.3, 0.4) is 0 Å². The Labute approximate surface area is 145 Å². The number of rotatable bonds is 5. The first-order chi connectivity index (χ1) is 10.5. The predicted octanol–water partition coefficient (Wildman–Crippen LogP) is 1.98. The second kappa shape index (κ2) is 9.48. The minimum Gasteiger partial charge on any atom is -0.354 e. The van der Waals surface area contributed by atoms with E-state index in [4.69, 9.17) is 5.73 Å². The van der Waals surface area contributed by atoms with Crippen LogP contribution in [-0.2, 0) is 9.59 Å². The fourth-order valence-electron chi connectivity index (χ4n) is 3.93. The third kappa shape index (κ3) is 5.64. The maximum Gasteiger partial charge on any atom is 0.223 e. The summed E-state index contributed by atoms with van der Waals surface area (Å²) in [4.78, 5) is 24.6. The van der Waals surface area contributed by atoms with Gasteiger partial charge in [-0.05, 0) is 58.4 Å². The highest BCUT2D eigenvalue weighted by atomic mass is 35.5. The lowest BCUT2D eigenvalue weighted by atomic mass is 9.84. The largest absolute Gasteiger partial charge is 0.354 e. The summed E-state index contributed by atoms with van der Waals surface area (Å²) in [5.74, 6) is 0.742. The Morgan fingerprint density at radius 2 is 1.78 bits per heavy atom. The lowest BCUT2D eigenvalue weighted by molar-refractivity contribution is -0.130. The van der Waals surface area contributed by atoms with E-state index in [1.165, 1.54) is 0 Å². The smallest absolute Gasteiger partial charge is 0.223 e. The predicted molar refractivity (Wildman–Crippen MR) is 94.3 cm³/mol. The molecule has 2 amide bonds. The Hall–Kier alpha value is -0.810. The van der Waals surface area contributed by atoms with Gasteiger partial charge in [-0.25, -0.2) is 0 Å². The minimum atomic E-state index is 0. The summed E-state index contributed by atoms with van der Waals surface area (Å²) in [7, 11) is 0. The molecule has 0 heterocycles. The van der Waals surface area contributed by atoms with Gasteiger partial charge in [-0.15, -0.1) is 12.4 Å². The van der Waals surface area contributed by atoms with Crippen LogP contribution in [-0.4, -0.2) is 30.4 Å². The van der Waals surface area contributed by atoms with Crippen LogP contribution >= 0.6 is 12.4 Å². The number of nitrogens with one attached hydrogen (secondary N) is 2. The first-order valence-corrected chi connectivity index (χ1v) is 8.82. The van der Waals surface area contributed by atoms with Crippen LogP contribution in [0.5, 0.6) is 0 Å². The van der Waals surface area contributed by atoms with Gasteiger partial charge >= 0.3 is 0 Å². The molecule has 2 rings (SSSR count). The van der Waals surface area contributed by atoms with Crippen molar-refractivity contribution in [3.8, 4) is 0 Å². The first kappa shape index (κ1) is 20.2. The molecule has 0 aliphatic heterocycles. The molecular weight excluding hydrogens is 314 g/mol. The van der Waals surface area contributed by atoms with Gasteiger partial charge in [0.15, 0.2) is 0 Å². The molecule has 6 heteroatoms. The van der Waals surface area contributed by atoms with Gasteiger partial charge in [0.2, 0.25) is 11.8 Å².